The van der Waals surface area contributed by atoms with Gasteiger partial charge in [0.25, 0.3) is 0 Å². The van der Waals surface area contributed by atoms with Crippen LogP contribution in [0.15, 0.2) is 42.7 Å². The van der Waals surface area contributed by atoms with Gasteiger partial charge in [-0.05, 0) is 30.9 Å². The van der Waals surface area contributed by atoms with Crippen molar-refractivity contribution in [3.8, 4) is 0 Å². The van der Waals surface area contributed by atoms with Gasteiger partial charge in [-0.25, -0.2) is 4.98 Å². The molecule has 5 nitrogen and oxygen atoms in total. The Morgan fingerprint density at radius 1 is 1.20 bits per heavy atom. The van der Waals surface area contributed by atoms with Crippen LogP contribution >= 0.6 is 0 Å². The van der Waals surface area contributed by atoms with Crippen LogP contribution in [0.1, 0.15) is 42.4 Å². The number of fused-ring (bicyclic) bond motifs is 2. The SMILES string of the molecule is O=C(CC1CC1)N1CCc2[nH]cnc2[C@@H]1c1ccc2ccccc2n1. The van der Waals surface area contributed by atoms with Crippen LogP contribution in [0, 0.1) is 5.92 Å². The van der Waals surface area contributed by atoms with E-state index in [1.165, 1.54) is 12.8 Å². The number of nitrogens with one attached hydrogen (secondary N) is 1. The van der Waals surface area contributed by atoms with Crippen molar-refractivity contribution < 1.29 is 4.79 Å². The summed E-state index contributed by atoms with van der Waals surface area (Å²) in [4.78, 5) is 27.5. The summed E-state index contributed by atoms with van der Waals surface area (Å²) in [6.07, 6.45) is 5.59. The number of benzene rings is 1. The lowest BCUT2D eigenvalue weighted by molar-refractivity contribution is -0.133. The zero-order chi connectivity index (χ0) is 16.8. The van der Waals surface area contributed by atoms with E-state index in [-0.39, 0.29) is 11.9 Å². The zero-order valence-corrected chi connectivity index (χ0v) is 14.0. The fraction of sp³-hybridized carbons (Fsp3) is 0.350. The third-order valence-electron chi connectivity index (χ3n) is 5.31. The summed E-state index contributed by atoms with van der Waals surface area (Å²) in [6, 6.07) is 12.0. The van der Waals surface area contributed by atoms with E-state index in [4.69, 9.17) is 4.98 Å². The molecule has 1 N–H and O–H groups in total. The molecule has 1 aliphatic heterocycles. The fourth-order valence-electron chi connectivity index (χ4n) is 3.77. The van der Waals surface area contributed by atoms with Gasteiger partial charge in [0.2, 0.25) is 5.91 Å². The lowest BCUT2D eigenvalue weighted by Gasteiger charge is -2.35. The number of pyridine rings is 1. The van der Waals surface area contributed by atoms with E-state index in [1.54, 1.807) is 6.33 Å². The van der Waals surface area contributed by atoms with Crippen LogP contribution < -0.4 is 0 Å². The minimum Gasteiger partial charge on any atom is -0.348 e. The van der Waals surface area contributed by atoms with Crippen LogP contribution in [-0.4, -0.2) is 32.3 Å². The smallest absolute Gasteiger partial charge is 0.223 e. The normalized spacial score (nSPS) is 19.8. The highest BCUT2D eigenvalue weighted by atomic mass is 16.2. The molecular formula is C20H20N4O. The van der Waals surface area contributed by atoms with Gasteiger partial charge in [0.15, 0.2) is 0 Å². The first-order valence-electron chi connectivity index (χ1n) is 8.97. The molecule has 25 heavy (non-hydrogen) atoms. The number of rotatable bonds is 3. The maximum absolute atomic E-state index is 12.9. The van der Waals surface area contributed by atoms with E-state index in [0.29, 0.717) is 12.3 Å². The molecule has 126 valence electrons. The third-order valence-corrected chi connectivity index (χ3v) is 5.31. The Bertz CT molecular complexity index is 944. The Morgan fingerprint density at radius 3 is 2.96 bits per heavy atom. The molecule has 1 saturated carbocycles. The van der Waals surface area contributed by atoms with Gasteiger partial charge in [-0.1, -0.05) is 24.3 Å². The van der Waals surface area contributed by atoms with Crippen molar-refractivity contribution >= 4 is 16.8 Å². The number of para-hydroxylation sites is 1. The predicted molar refractivity (Wildman–Crippen MR) is 94.9 cm³/mol. The first-order chi connectivity index (χ1) is 12.3. The van der Waals surface area contributed by atoms with Crippen molar-refractivity contribution in [3.05, 3.63) is 59.8 Å². The summed E-state index contributed by atoms with van der Waals surface area (Å²) >= 11 is 0. The molecule has 0 spiro atoms. The second-order valence-corrected chi connectivity index (χ2v) is 7.08. The molecule has 0 unspecified atom stereocenters. The molecule has 5 heteroatoms. The zero-order valence-electron chi connectivity index (χ0n) is 14.0. The van der Waals surface area contributed by atoms with Crippen molar-refractivity contribution in [1.29, 1.82) is 0 Å². The number of nitrogens with zero attached hydrogens (tertiary/aromatic N) is 3. The maximum atomic E-state index is 12.9. The van der Waals surface area contributed by atoms with Gasteiger partial charge in [-0.15, -0.1) is 0 Å². The van der Waals surface area contributed by atoms with Gasteiger partial charge in [-0.2, -0.15) is 0 Å². The van der Waals surface area contributed by atoms with Gasteiger partial charge < -0.3 is 9.88 Å². The molecule has 0 radical (unpaired) electrons. The molecule has 1 aliphatic carbocycles. The van der Waals surface area contributed by atoms with Crippen molar-refractivity contribution in [1.82, 2.24) is 19.9 Å². The molecule has 0 saturated heterocycles. The fourth-order valence-corrected chi connectivity index (χ4v) is 3.77. The van der Waals surface area contributed by atoms with Crippen LogP contribution in [0.25, 0.3) is 10.9 Å². The molecule has 1 amide bonds. The Labute approximate surface area is 146 Å². The van der Waals surface area contributed by atoms with E-state index in [2.05, 4.69) is 22.1 Å². The lowest BCUT2D eigenvalue weighted by Crippen LogP contribution is -2.41. The number of hydrogen-bond donors (Lipinski definition) is 1. The highest BCUT2D eigenvalue weighted by Gasteiger charge is 2.37. The Morgan fingerprint density at radius 2 is 2.08 bits per heavy atom. The van der Waals surface area contributed by atoms with Crippen molar-refractivity contribution in [2.24, 2.45) is 5.92 Å². The van der Waals surface area contributed by atoms with E-state index < -0.39 is 0 Å². The molecule has 5 rings (SSSR count). The van der Waals surface area contributed by atoms with Crippen LogP contribution in [-0.2, 0) is 11.2 Å². The number of aromatic nitrogens is 3. The summed E-state index contributed by atoms with van der Waals surface area (Å²) in [6.45, 7) is 0.722. The van der Waals surface area contributed by atoms with Gasteiger partial charge in [0.05, 0.1) is 23.2 Å². The van der Waals surface area contributed by atoms with E-state index >= 15 is 0 Å². The number of carbonyl (C=O) groups is 1. The molecule has 1 atom stereocenters. The second-order valence-electron chi connectivity index (χ2n) is 7.08. The van der Waals surface area contributed by atoms with Crippen molar-refractivity contribution in [2.75, 3.05) is 6.54 Å². The van der Waals surface area contributed by atoms with Gasteiger partial charge in [-0.3, -0.25) is 9.78 Å². The van der Waals surface area contributed by atoms with E-state index in [1.807, 2.05) is 29.2 Å². The number of amides is 1. The average Bonchev–Trinajstić information content (AvgIpc) is 3.32. The topological polar surface area (TPSA) is 61.9 Å². The minimum absolute atomic E-state index is 0.189. The van der Waals surface area contributed by atoms with E-state index in [0.717, 1.165) is 41.0 Å². The maximum Gasteiger partial charge on any atom is 0.223 e. The minimum atomic E-state index is -0.189. The van der Waals surface area contributed by atoms with Crippen LogP contribution in [0.2, 0.25) is 0 Å². The molecular weight excluding hydrogens is 312 g/mol. The first-order valence-corrected chi connectivity index (χ1v) is 8.97. The molecule has 1 fully saturated rings. The summed E-state index contributed by atoms with van der Waals surface area (Å²) in [5.41, 5.74) is 3.92. The standard InChI is InChI=1S/C20H20N4O/c25-18(11-13-5-6-13)24-10-9-16-19(22-12-21-16)20(24)17-8-7-14-3-1-2-4-15(14)23-17/h1-4,7-8,12-13,20H,5-6,9-11H2,(H,21,22)/t20-/m0/s1. The molecule has 2 aliphatic rings. The van der Waals surface area contributed by atoms with Crippen molar-refractivity contribution in [2.45, 2.75) is 31.7 Å². The number of aromatic amines is 1. The summed E-state index contributed by atoms with van der Waals surface area (Å²) in [5, 5.41) is 1.11. The molecule has 3 aromatic rings. The molecule has 1 aromatic carbocycles. The van der Waals surface area contributed by atoms with Gasteiger partial charge >= 0.3 is 0 Å². The Kier molecular flexibility index (Phi) is 3.33. The number of hydrogen-bond acceptors (Lipinski definition) is 3. The monoisotopic (exact) mass is 332 g/mol. The first kappa shape index (κ1) is 14.6. The van der Waals surface area contributed by atoms with Crippen molar-refractivity contribution in [3.63, 3.8) is 0 Å². The predicted octanol–water partition coefficient (Wildman–Crippen LogP) is 3.23. The molecule has 0 bridgehead atoms. The van der Waals surface area contributed by atoms with Crippen LogP contribution in [0.5, 0.6) is 0 Å². The Balaban J connectivity index is 1.58. The molecule has 3 heterocycles. The number of H-pyrrole nitrogens is 1. The summed E-state index contributed by atoms with van der Waals surface area (Å²) in [7, 11) is 0. The average molecular weight is 332 g/mol. The van der Waals surface area contributed by atoms with Gasteiger partial charge in [0, 0.05) is 30.5 Å². The van der Waals surface area contributed by atoms with E-state index in [9.17, 15) is 4.79 Å². The van der Waals surface area contributed by atoms with Crippen LogP contribution in [0.3, 0.4) is 0 Å². The van der Waals surface area contributed by atoms with Gasteiger partial charge in [0.1, 0.15) is 6.04 Å². The summed E-state index contributed by atoms with van der Waals surface area (Å²) in [5.74, 6) is 0.814. The number of imidazole rings is 1. The largest absolute Gasteiger partial charge is 0.348 e. The second kappa shape index (κ2) is 5.69. The summed E-state index contributed by atoms with van der Waals surface area (Å²) < 4.78 is 0. The highest BCUT2D eigenvalue weighted by molar-refractivity contribution is 5.80. The Hall–Kier alpha value is -2.69. The highest BCUT2D eigenvalue weighted by Crippen LogP contribution is 2.37. The number of carbonyl (C=O) groups excluding carboxylic acids is 1. The molecule has 2 aromatic heterocycles. The third kappa shape index (κ3) is 2.60. The van der Waals surface area contributed by atoms with Crippen LogP contribution in [0.4, 0.5) is 0 Å². The lowest BCUT2D eigenvalue weighted by atomic mass is 9.98. The quantitative estimate of drug-likeness (QED) is 0.801.